The number of hydrogen-bond donors (Lipinski definition) is 0. The van der Waals surface area contributed by atoms with Gasteiger partial charge in [0, 0.05) is 12.4 Å². The van der Waals surface area contributed by atoms with E-state index in [0.717, 1.165) is 5.56 Å². The molecule has 0 aliphatic heterocycles. The SMILES string of the molecule is COC(=O)[C@H](COC(=O)c1cnn2cccnc12)Cc1ccccc1. The van der Waals surface area contributed by atoms with Gasteiger partial charge >= 0.3 is 11.9 Å². The van der Waals surface area contributed by atoms with E-state index in [9.17, 15) is 9.59 Å². The molecule has 0 unspecified atom stereocenters. The van der Waals surface area contributed by atoms with Gasteiger partial charge in [-0.15, -0.1) is 0 Å². The van der Waals surface area contributed by atoms with Gasteiger partial charge in [0.25, 0.3) is 0 Å². The van der Waals surface area contributed by atoms with Crippen molar-refractivity contribution < 1.29 is 19.1 Å². The molecule has 2 aromatic heterocycles. The van der Waals surface area contributed by atoms with Gasteiger partial charge in [0.2, 0.25) is 0 Å². The topological polar surface area (TPSA) is 82.8 Å². The molecule has 3 aromatic rings. The van der Waals surface area contributed by atoms with Crippen molar-refractivity contribution in [3.05, 3.63) is 66.1 Å². The van der Waals surface area contributed by atoms with Crippen LogP contribution in [0.3, 0.4) is 0 Å². The minimum atomic E-state index is -0.578. The number of benzene rings is 1. The average molecular weight is 339 g/mol. The number of hydrogen-bond acceptors (Lipinski definition) is 6. The van der Waals surface area contributed by atoms with Crippen molar-refractivity contribution in [2.24, 2.45) is 5.92 Å². The fourth-order valence-electron chi connectivity index (χ4n) is 2.50. The molecule has 0 radical (unpaired) electrons. The number of ether oxygens (including phenoxy) is 2. The summed E-state index contributed by atoms with van der Waals surface area (Å²) in [6.45, 7) is -0.0788. The minimum Gasteiger partial charge on any atom is -0.469 e. The Morgan fingerprint density at radius 2 is 2.00 bits per heavy atom. The van der Waals surface area contributed by atoms with E-state index >= 15 is 0 Å². The second-order valence-corrected chi connectivity index (χ2v) is 5.45. The van der Waals surface area contributed by atoms with Gasteiger partial charge in [-0.05, 0) is 18.1 Å². The number of fused-ring (bicyclic) bond motifs is 1. The molecule has 0 aliphatic rings. The summed E-state index contributed by atoms with van der Waals surface area (Å²) in [4.78, 5) is 28.4. The highest BCUT2D eigenvalue weighted by Gasteiger charge is 2.23. The summed E-state index contributed by atoms with van der Waals surface area (Å²) in [5.41, 5.74) is 1.63. The maximum absolute atomic E-state index is 12.3. The molecule has 0 saturated heterocycles. The van der Waals surface area contributed by atoms with Crippen molar-refractivity contribution in [3.63, 3.8) is 0 Å². The van der Waals surface area contributed by atoms with E-state index in [4.69, 9.17) is 9.47 Å². The third-order valence-corrected chi connectivity index (χ3v) is 3.77. The fourth-order valence-corrected chi connectivity index (χ4v) is 2.50. The molecule has 0 spiro atoms. The number of nitrogens with zero attached hydrogens (tertiary/aromatic N) is 3. The van der Waals surface area contributed by atoms with Gasteiger partial charge in [-0.3, -0.25) is 4.79 Å². The van der Waals surface area contributed by atoms with Crippen LogP contribution in [0.25, 0.3) is 5.65 Å². The summed E-state index contributed by atoms with van der Waals surface area (Å²) in [5.74, 6) is -1.57. The number of methoxy groups -OCH3 is 1. The average Bonchev–Trinajstić information content (AvgIpc) is 3.09. The predicted molar refractivity (Wildman–Crippen MR) is 88.9 cm³/mol. The van der Waals surface area contributed by atoms with Gasteiger partial charge in [-0.1, -0.05) is 30.3 Å². The van der Waals surface area contributed by atoms with Crippen LogP contribution in [0.5, 0.6) is 0 Å². The highest BCUT2D eigenvalue weighted by molar-refractivity contribution is 5.95. The standard InChI is InChI=1S/C18H17N3O4/c1-24-17(22)14(10-13-6-3-2-4-7-13)12-25-18(23)15-11-20-21-9-5-8-19-16(15)21/h2-9,11,14H,10,12H2,1H3/t14-/m0/s1. The Hall–Kier alpha value is -3.22. The molecule has 0 fully saturated rings. The Morgan fingerprint density at radius 1 is 1.20 bits per heavy atom. The molecule has 3 rings (SSSR count). The van der Waals surface area contributed by atoms with Gasteiger partial charge < -0.3 is 9.47 Å². The second-order valence-electron chi connectivity index (χ2n) is 5.45. The van der Waals surface area contributed by atoms with Crippen molar-refractivity contribution in [1.29, 1.82) is 0 Å². The molecule has 2 heterocycles. The van der Waals surface area contributed by atoms with Gasteiger partial charge in [0.05, 0.1) is 19.2 Å². The summed E-state index contributed by atoms with van der Waals surface area (Å²) in [6.07, 6.45) is 5.08. The zero-order chi connectivity index (χ0) is 17.6. The molecule has 0 bridgehead atoms. The van der Waals surface area contributed by atoms with E-state index in [1.807, 2.05) is 30.3 Å². The van der Waals surface area contributed by atoms with Crippen LogP contribution in [0.2, 0.25) is 0 Å². The number of carbonyl (C=O) groups is 2. The van der Waals surface area contributed by atoms with Crippen LogP contribution in [-0.2, 0) is 20.7 Å². The van der Waals surface area contributed by atoms with E-state index in [-0.39, 0.29) is 12.2 Å². The number of carbonyl (C=O) groups excluding carboxylic acids is 2. The third-order valence-electron chi connectivity index (χ3n) is 3.77. The molecule has 1 atom stereocenters. The van der Waals surface area contributed by atoms with Crippen LogP contribution in [-0.4, -0.2) is 40.3 Å². The van der Waals surface area contributed by atoms with Crippen LogP contribution in [0, 0.1) is 5.92 Å². The first kappa shape index (κ1) is 16.6. The Kier molecular flexibility index (Phi) is 5.03. The quantitative estimate of drug-likeness (QED) is 0.638. The molecule has 0 N–H and O–H groups in total. The first-order valence-electron chi connectivity index (χ1n) is 7.76. The summed E-state index contributed by atoms with van der Waals surface area (Å²) >= 11 is 0. The third kappa shape index (κ3) is 3.82. The molecule has 0 saturated carbocycles. The molecule has 1 aromatic carbocycles. The molecule has 25 heavy (non-hydrogen) atoms. The minimum absolute atomic E-state index is 0.0788. The number of rotatable bonds is 6. The van der Waals surface area contributed by atoms with Gasteiger partial charge in [0.15, 0.2) is 5.65 Å². The predicted octanol–water partition coefficient (Wildman–Crippen LogP) is 1.92. The molecular formula is C18H17N3O4. The lowest BCUT2D eigenvalue weighted by Crippen LogP contribution is -2.25. The smallest absolute Gasteiger partial charge is 0.343 e. The van der Waals surface area contributed by atoms with E-state index in [2.05, 4.69) is 10.1 Å². The van der Waals surface area contributed by atoms with Gasteiger partial charge in [-0.2, -0.15) is 5.10 Å². The molecular weight excluding hydrogens is 322 g/mol. The Balaban J connectivity index is 1.70. The summed E-state index contributed by atoms with van der Waals surface area (Å²) in [5, 5.41) is 4.05. The van der Waals surface area contributed by atoms with Crippen molar-refractivity contribution in [2.45, 2.75) is 6.42 Å². The summed E-state index contributed by atoms with van der Waals surface area (Å²) in [7, 11) is 1.32. The van der Waals surface area contributed by atoms with E-state index < -0.39 is 17.9 Å². The first-order valence-corrected chi connectivity index (χ1v) is 7.76. The van der Waals surface area contributed by atoms with Crippen molar-refractivity contribution in [3.8, 4) is 0 Å². The van der Waals surface area contributed by atoms with Crippen molar-refractivity contribution in [2.75, 3.05) is 13.7 Å². The molecule has 0 aliphatic carbocycles. The van der Waals surface area contributed by atoms with Crippen LogP contribution >= 0.6 is 0 Å². The molecule has 128 valence electrons. The normalized spacial score (nSPS) is 11.9. The largest absolute Gasteiger partial charge is 0.469 e. The Morgan fingerprint density at radius 3 is 2.76 bits per heavy atom. The number of esters is 2. The lowest BCUT2D eigenvalue weighted by Gasteiger charge is -2.14. The highest BCUT2D eigenvalue weighted by Crippen LogP contribution is 2.14. The van der Waals surface area contributed by atoms with Gasteiger partial charge in [-0.25, -0.2) is 14.3 Å². The van der Waals surface area contributed by atoms with Crippen LogP contribution in [0.15, 0.2) is 55.0 Å². The Bertz CT molecular complexity index is 876. The maximum Gasteiger partial charge on any atom is 0.343 e. The first-order chi connectivity index (χ1) is 12.2. The fraction of sp³-hybridized carbons (Fsp3) is 0.222. The lowest BCUT2D eigenvalue weighted by molar-refractivity contribution is -0.146. The molecule has 7 nitrogen and oxygen atoms in total. The molecule has 7 heteroatoms. The van der Waals surface area contributed by atoms with E-state index in [0.29, 0.717) is 12.1 Å². The van der Waals surface area contributed by atoms with Crippen molar-refractivity contribution >= 4 is 17.6 Å². The maximum atomic E-state index is 12.3. The van der Waals surface area contributed by atoms with Crippen LogP contribution in [0.1, 0.15) is 15.9 Å². The monoisotopic (exact) mass is 339 g/mol. The zero-order valence-corrected chi connectivity index (χ0v) is 13.7. The van der Waals surface area contributed by atoms with E-state index in [1.54, 1.807) is 18.5 Å². The van der Waals surface area contributed by atoms with Crippen LogP contribution < -0.4 is 0 Å². The van der Waals surface area contributed by atoms with Gasteiger partial charge in [0.1, 0.15) is 12.2 Å². The van der Waals surface area contributed by atoms with Crippen molar-refractivity contribution in [1.82, 2.24) is 14.6 Å². The van der Waals surface area contributed by atoms with E-state index in [1.165, 1.54) is 17.8 Å². The second kappa shape index (κ2) is 7.57. The highest BCUT2D eigenvalue weighted by atomic mass is 16.5. The van der Waals surface area contributed by atoms with Crippen LogP contribution in [0.4, 0.5) is 0 Å². The number of aromatic nitrogens is 3. The summed E-state index contributed by atoms with van der Waals surface area (Å²) in [6, 6.07) is 11.2. The lowest BCUT2D eigenvalue weighted by atomic mass is 10.0. The zero-order valence-electron chi connectivity index (χ0n) is 13.7. The summed E-state index contributed by atoms with van der Waals surface area (Å²) < 4.78 is 11.6. The molecule has 0 amide bonds. The Labute approximate surface area is 144 Å².